The van der Waals surface area contributed by atoms with Crippen molar-refractivity contribution in [3.05, 3.63) is 22.3 Å². The summed E-state index contributed by atoms with van der Waals surface area (Å²) in [5, 5.41) is 18.8. The van der Waals surface area contributed by atoms with Crippen molar-refractivity contribution in [3.63, 3.8) is 0 Å². The van der Waals surface area contributed by atoms with Crippen molar-refractivity contribution in [1.82, 2.24) is 0 Å². The maximum Gasteiger partial charge on any atom is 0.127 e. The van der Waals surface area contributed by atoms with Gasteiger partial charge in [-0.15, -0.1) is 0 Å². The summed E-state index contributed by atoms with van der Waals surface area (Å²) in [4.78, 5) is 0. The van der Waals surface area contributed by atoms with Crippen LogP contribution in [0.5, 0.6) is 11.5 Å². The predicted molar refractivity (Wildman–Crippen MR) is 151 cm³/mol. The minimum Gasteiger partial charge on any atom is -0.490 e. The number of fused-ring (bicyclic) bond motifs is 1. The fraction of sp³-hybridized carbons (Fsp3) is 0.812. The topological polar surface area (TPSA) is 58.9 Å². The van der Waals surface area contributed by atoms with Crippen LogP contribution in [0.3, 0.4) is 0 Å². The van der Waals surface area contributed by atoms with Crippen LogP contribution in [0.15, 0.2) is 0 Å². The van der Waals surface area contributed by atoms with Gasteiger partial charge in [0.2, 0.25) is 0 Å². The smallest absolute Gasteiger partial charge is 0.127 e. The first kappa shape index (κ1) is 31.0. The molecule has 0 aliphatic carbocycles. The summed E-state index contributed by atoms with van der Waals surface area (Å²) in [5.74, 6) is 4.35. The first-order chi connectivity index (χ1) is 17.0. The van der Waals surface area contributed by atoms with E-state index in [-0.39, 0.29) is 18.8 Å². The standard InChI is InChI=1S/C32H56O4/c1-22(2)12-9-13-23(3)14-10-15-24(4)16-11-18-32(8)19-17-29-27(7)30(35-21-28(34)20-33)25(5)26(6)31(29)36-32/h22-24,28,33-34H,9-21H2,1-8H3/t23-,24-,28+,32-/m1/s1. The molecule has 0 saturated carbocycles. The van der Waals surface area contributed by atoms with Crippen LogP contribution in [-0.2, 0) is 6.42 Å². The molecule has 0 amide bonds. The summed E-state index contributed by atoms with van der Waals surface area (Å²) >= 11 is 0. The van der Waals surface area contributed by atoms with Crippen LogP contribution in [0, 0.1) is 38.5 Å². The van der Waals surface area contributed by atoms with E-state index in [9.17, 15) is 5.11 Å². The number of rotatable bonds is 16. The Hall–Kier alpha value is -1.26. The average Bonchev–Trinajstić information content (AvgIpc) is 2.82. The first-order valence-corrected chi connectivity index (χ1v) is 14.7. The minimum atomic E-state index is -0.861. The molecule has 0 spiro atoms. The highest BCUT2D eigenvalue weighted by Gasteiger charge is 2.34. The second-order valence-corrected chi connectivity index (χ2v) is 12.6. The number of aliphatic hydroxyl groups excluding tert-OH is 2. The Labute approximate surface area is 222 Å². The molecule has 4 atom stereocenters. The molecule has 2 rings (SSSR count). The average molecular weight is 505 g/mol. The summed E-state index contributed by atoms with van der Waals surface area (Å²) < 4.78 is 12.6. The van der Waals surface area contributed by atoms with Crippen LogP contribution in [0.1, 0.15) is 121 Å². The van der Waals surface area contributed by atoms with E-state index in [1.54, 1.807) is 0 Å². The molecule has 2 N–H and O–H groups in total. The van der Waals surface area contributed by atoms with E-state index >= 15 is 0 Å². The van der Waals surface area contributed by atoms with Crippen molar-refractivity contribution in [2.75, 3.05) is 13.2 Å². The molecule has 0 fully saturated rings. The van der Waals surface area contributed by atoms with Crippen LogP contribution < -0.4 is 9.47 Å². The molecule has 0 unspecified atom stereocenters. The lowest BCUT2D eigenvalue weighted by atomic mass is 9.83. The summed E-state index contributed by atoms with van der Waals surface area (Å²) in [6, 6.07) is 0. The van der Waals surface area contributed by atoms with E-state index in [4.69, 9.17) is 14.6 Å². The summed E-state index contributed by atoms with van der Waals surface area (Å²) in [5.41, 5.74) is 4.42. The molecule has 36 heavy (non-hydrogen) atoms. The molecule has 208 valence electrons. The van der Waals surface area contributed by atoms with Crippen molar-refractivity contribution < 1.29 is 19.7 Å². The van der Waals surface area contributed by atoms with Crippen LogP contribution >= 0.6 is 0 Å². The van der Waals surface area contributed by atoms with Gasteiger partial charge in [-0.1, -0.05) is 72.6 Å². The minimum absolute atomic E-state index is 0.101. The van der Waals surface area contributed by atoms with Crippen LogP contribution in [0.25, 0.3) is 0 Å². The van der Waals surface area contributed by atoms with E-state index in [0.29, 0.717) is 0 Å². The van der Waals surface area contributed by atoms with Gasteiger partial charge in [0.05, 0.1) is 6.61 Å². The number of benzene rings is 1. The lowest BCUT2D eigenvalue weighted by Gasteiger charge is -2.38. The zero-order chi connectivity index (χ0) is 26.9. The SMILES string of the molecule is Cc1c(C)c2c(c(C)c1OC[C@@H](O)CO)CC[C@@](C)(CCC[C@H](C)CCC[C@H](C)CCCC(C)C)O2. The quantitative estimate of drug-likeness (QED) is 0.240. The van der Waals surface area contributed by atoms with E-state index < -0.39 is 6.10 Å². The van der Waals surface area contributed by atoms with Crippen LogP contribution in [0.4, 0.5) is 0 Å². The highest BCUT2D eigenvalue weighted by atomic mass is 16.5. The molecule has 0 radical (unpaired) electrons. The first-order valence-electron chi connectivity index (χ1n) is 14.7. The van der Waals surface area contributed by atoms with Gasteiger partial charge in [-0.05, 0) is 87.8 Å². The Balaban J connectivity index is 1.83. The Bertz CT molecular complexity index is 802. The molecule has 0 aromatic heterocycles. The fourth-order valence-corrected chi connectivity index (χ4v) is 5.71. The molecule has 1 aromatic rings. The predicted octanol–water partition coefficient (Wildman–Crippen LogP) is 7.87. The number of ether oxygens (including phenoxy) is 2. The Morgan fingerprint density at radius 1 is 0.861 bits per heavy atom. The lowest BCUT2D eigenvalue weighted by molar-refractivity contribution is 0.0484. The van der Waals surface area contributed by atoms with Crippen molar-refractivity contribution in [3.8, 4) is 11.5 Å². The molecule has 1 aromatic carbocycles. The highest BCUT2D eigenvalue weighted by molar-refractivity contribution is 5.59. The molecule has 0 saturated heterocycles. The number of hydrogen-bond acceptors (Lipinski definition) is 4. The van der Waals surface area contributed by atoms with Gasteiger partial charge >= 0.3 is 0 Å². The second kappa shape index (κ2) is 14.6. The van der Waals surface area contributed by atoms with E-state index in [1.807, 2.05) is 0 Å². The van der Waals surface area contributed by atoms with E-state index in [0.717, 1.165) is 65.2 Å². The third kappa shape index (κ3) is 9.24. The monoisotopic (exact) mass is 504 g/mol. The van der Waals surface area contributed by atoms with Gasteiger partial charge in [-0.25, -0.2) is 0 Å². The van der Waals surface area contributed by atoms with Crippen molar-refractivity contribution in [1.29, 1.82) is 0 Å². The fourth-order valence-electron chi connectivity index (χ4n) is 5.71. The third-order valence-corrected chi connectivity index (χ3v) is 8.47. The van der Waals surface area contributed by atoms with Gasteiger partial charge in [0.15, 0.2) is 0 Å². The molecule has 0 bridgehead atoms. The van der Waals surface area contributed by atoms with Gasteiger partial charge in [-0.3, -0.25) is 0 Å². The summed E-state index contributed by atoms with van der Waals surface area (Å²) in [6.07, 6.45) is 13.0. The Morgan fingerprint density at radius 3 is 2.03 bits per heavy atom. The molecule has 4 nitrogen and oxygen atoms in total. The third-order valence-electron chi connectivity index (χ3n) is 8.47. The van der Waals surface area contributed by atoms with Gasteiger partial charge < -0.3 is 19.7 Å². The van der Waals surface area contributed by atoms with Gasteiger partial charge in [0.1, 0.15) is 29.8 Å². The number of aliphatic hydroxyl groups is 2. The zero-order valence-corrected chi connectivity index (χ0v) is 24.7. The zero-order valence-electron chi connectivity index (χ0n) is 24.7. The Morgan fingerprint density at radius 2 is 1.44 bits per heavy atom. The van der Waals surface area contributed by atoms with Gasteiger partial charge in [0.25, 0.3) is 0 Å². The normalized spacial score (nSPS) is 20.1. The molecule has 1 aliphatic rings. The number of hydrogen-bond donors (Lipinski definition) is 2. The van der Waals surface area contributed by atoms with Gasteiger partial charge in [-0.2, -0.15) is 0 Å². The highest BCUT2D eigenvalue weighted by Crippen LogP contribution is 2.45. The van der Waals surface area contributed by atoms with E-state index in [2.05, 4.69) is 55.4 Å². The molecule has 1 aliphatic heterocycles. The maximum absolute atomic E-state index is 9.72. The van der Waals surface area contributed by atoms with E-state index in [1.165, 1.54) is 56.9 Å². The molecular formula is C32H56O4. The van der Waals surface area contributed by atoms with Crippen LogP contribution in [0.2, 0.25) is 0 Å². The van der Waals surface area contributed by atoms with Crippen LogP contribution in [-0.4, -0.2) is 35.1 Å². The van der Waals surface area contributed by atoms with Crippen molar-refractivity contribution >= 4 is 0 Å². The molecular weight excluding hydrogens is 448 g/mol. The summed E-state index contributed by atoms with van der Waals surface area (Å²) in [6.45, 7) is 17.9. The molecule has 4 heteroatoms. The van der Waals surface area contributed by atoms with Crippen molar-refractivity contribution in [2.45, 2.75) is 138 Å². The lowest BCUT2D eigenvalue weighted by Crippen LogP contribution is -2.37. The maximum atomic E-state index is 9.72. The van der Waals surface area contributed by atoms with Gasteiger partial charge in [0, 0.05) is 5.56 Å². The molecule has 1 heterocycles. The second-order valence-electron chi connectivity index (χ2n) is 12.6. The largest absolute Gasteiger partial charge is 0.490 e. The Kier molecular flexibility index (Phi) is 12.6. The summed E-state index contributed by atoms with van der Waals surface area (Å²) in [7, 11) is 0. The van der Waals surface area contributed by atoms with Crippen molar-refractivity contribution in [2.24, 2.45) is 17.8 Å².